The van der Waals surface area contributed by atoms with Gasteiger partial charge in [-0.25, -0.2) is 0 Å². The van der Waals surface area contributed by atoms with E-state index in [0.29, 0.717) is 19.5 Å². The molecule has 1 atom stereocenters. The Balaban J connectivity index is 1.47. The maximum atomic E-state index is 12.7. The third-order valence-electron chi connectivity index (χ3n) is 5.32. The summed E-state index contributed by atoms with van der Waals surface area (Å²) in [5, 5.41) is 0. The number of amides is 2. The average Bonchev–Trinajstić information content (AvgIpc) is 2.68. The zero-order valence-corrected chi connectivity index (χ0v) is 15.1. The van der Waals surface area contributed by atoms with Gasteiger partial charge in [0.15, 0.2) is 0 Å². The second-order valence-electron chi connectivity index (χ2n) is 7.02. The number of nitrogens with zero attached hydrogens (tertiary/aromatic N) is 4. The second-order valence-corrected chi connectivity index (χ2v) is 7.02. The lowest BCUT2D eigenvalue weighted by Gasteiger charge is -2.39. The van der Waals surface area contributed by atoms with Gasteiger partial charge in [-0.3, -0.25) is 19.5 Å². The molecule has 0 aromatic carbocycles. The summed E-state index contributed by atoms with van der Waals surface area (Å²) in [6, 6.07) is 3.70. The highest BCUT2D eigenvalue weighted by Gasteiger charge is 2.30. The fourth-order valence-corrected chi connectivity index (χ4v) is 3.68. The summed E-state index contributed by atoms with van der Waals surface area (Å²) in [5.41, 5.74) is 0.948. The van der Waals surface area contributed by atoms with Gasteiger partial charge in [-0.15, -0.1) is 0 Å². The van der Waals surface area contributed by atoms with Crippen LogP contribution in [-0.4, -0.2) is 76.8 Å². The fourth-order valence-electron chi connectivity index (χ4n) is 3.68. The van der Waals surface area contributed by atoms with E-state index in [-0.39, 0.29) is 17.9 Å². The molecule has 2 saturated heterocycles. The summed E-state index contributed by atoms with van der Waals surface area (Å²) >= 11 is 0. The molecule has 0 N–H and O–H groups in total. The van der Waals surface area contributed by atoms with E-state index >= 15 is 0 Å². The van der Waals surface area contributed by atoms with Gasteiger partial charge in [-0.05, 0) is 37.8 Å². The minimum atomic E-state index is -0.0892. The number of piperidine rings is 1. The number of carbonyl (C=O) groups excluding carboxylic acids is 2. The van der Waals surface area contributed by atoms with Crippen molar-refractivity contribution in [2.24, 2.45) is 0 Å². The molecule has 0 spiro atoms. The van der Waals surface area contributed by atoms with Crippen LogP contribution in [0, 0.1) is 0 Å². The zero-order valence-electron chi connectivity index (χ0n) is 15.1. The number of aromatic nitrogens is 1. The van der Waals surface area contributed by atoms with Crippen molar-refractivity contribution in [2.45, 2.75) is 38.6 Å². The second kappa shape index (κ2) is 8.43. The first-order valence-corrected chi connectivity index (χ1v) is 9.34. The summed E-state index contributed by atoms with van der Waals surface area (Å²) in [6.45, 7) is 6.70. The topological polar surface area (TPSA) is 56.8 Å². The van der Waals surface area contributed by atoms with Crippen molar-refractivity contribution in [3.05, 3.63) is 30.1 Å². The third-order valence-corrected chi connectivity index (χ3v) is 5.32. The molecule has 0 saturated carbocycles. The van der Waals surface area contributed by atoms with Crippen LogP contribution in [0.25, 0.3) is 0 Å². The molecule has 0 bridgehead atoms. The molecule has 1 unspecified atom stereocenters. The normalized spacial score (nSPS) is 20.4. The molecule has 2 amide bonds. The summed E-state index contributed by atoms with van der Waals surface area (Å²) in [4.78, 5) is 35.3. The largest absolute Gasteiger partial charge is 0.341 e. The molecule has 136 valence electrons. The maximum Gasteiger partial charge on any atom is 0.239 e. The monoisotopic (exact) mass is 344 g/mol. The molecule has 25 heavy (non-hydrogen) atoms. The van der Waals surface area contributed by atoms with Crippen LogP contribution in [0.3, 0.4) is 0 Å². The number of piperazine rings is 1. The SMILES string of the molecule is CC(C(=O)N1CCCCC1)N1CCN(C(=O)Cc2cccnc2)CC1. The summed E-state index contributed by atoms with van der Waals surface area (Å²) < 4.78 is 0. The lowest BCUT2D eigenvalue weighted by molar-refractivity contribution is -0.139. The molecule has 0 aliphatic carbocycles. The van der Waals surface area contributed by atoms with E-state index in [2.05, 4.69) is 9.88 Å². The van der Waals surface area contributed by atoms with Crippen LogP contribution in [-0.2, 0) is 16.0 Å². The maximum absolute atomic E-state index is 12.7. The minimum Gasteiger partial charge on any atom is -0.341 e. The molecule has 1 aromatic rings. The average molecular weight is 344 g/mol. The van der Waals surface area contributed by atoms with Crippen LogP contribution >= 0.6 is 0 Å². The van der Waals surface area contributed by atoms with E-state index < -0.39 is 0 Å². The van der Waals surface area contributed by atoms with Crippen molar-refractivity contribution in [3.63, 3.8) is 0 Å². The molecular weight excluding hydrogens is 316 g/mol. The van der Waals surface area contributed by atoms with Gasteiger partial charge in [0, 0.05) is 51.7 Å². The van der Waals surface area contributed by atoms with Gasteiger partial charge in [0.1, 0.15) is 0 Å². The quantitative estimate of drug-likeness (QED) is 0.823. The van der Waals surface area contributed by atoms with Crippen LogP contribution < -0.4 is 0 Å². The Morgan fingerprint density at radius 1 is 1.04 bits per heavy atom. The van der Waals surface area contributed by atoms with Gasteiger partial charge in [0.25, 0.3) is 0 Å². The number of likely N-dealkylation sites (tertiary alicyclic amines) is 1. The van der Waals surface area contributed by atoms with E-state index in [9.17, 15) is 9.59 Å². The molecule has 1 aromatic heterocycles. The molecule has 6 heteroatoms. The van der Waals surface area contributed by atoms with Gasteiger partial charge in [-0.2, -0.15) is 0 Å². The first-order valence-electron chi connectivity index (χ1n) is 9.34. The fraction of sp³-hybridized carbons (Fsp3) is 0.632. The third kappa shape index (κ3) is 4.57. The Bertz CT molecular complexity index is 578. The van der Waals surface area contributed by atoms with E-state index in [0.717, 1.165) is 44.6 Å². The number of pyridine rings is 1. The van der Waals surface area contributed by atoms with Crippen molar-refractivity contribution in [1.82, 2.24) is 19.7 Å². The number of hydrogen-bond acceptors (Lipinski definition) is 4. The highest BCUT2D eigenvalue weighted by molar-refractivity contribution is 5.82. The number of carbonyl (C=O) groups is 2. The van der Waals surface area contributed by atoms with Crippen molar-refractivity contribution >= 4 is 11.8 Å². The lowest BCUT2D eigenvalue weighted by Crippen LogP contribution is -2.56. The molecule has 0 radical (unpaired) electrons. The van der Waals surface area contributed by atoms with Crippen LogP contribution in [0.4, 0.5) is 0 Å². The highest BCUT2D eigenvalue weighted by Crippen LogP contribution is 2.14. The van der Waals surface area contributed by atoms with E-state index in [1.807, 2.05) is 28.9 Å². The van der Waals surface area contributed by atoms with Crippen molar-refractivity contribution in [2.75, 3.05) is 39.3 Å². The summed E-state index contributed by atoms with van der Waals surface area (Å²) in [5.74, 6) is 0.387. The molecule has 3 rings (SSSR count). The number of hydrogen-bond donors (Lipinski definition) is 0. The summed E-state index contributed by atoms with van der Waals surface area (Å²) in [6.07, 6.45) is 7.33. The molecule has 2 aliphatic rings. The van der Waals surface area contributed by atoms with Crippen LogP contribution in [0.15, 0.2) is 24.5 Å². The Labute approximate surface area is 149 Å². The standard InChI is InChI=1S/C19H28N4O2/c1-16(19(25)23-8-3-2-4-9-23)21-10-12-22(13-11-21)18(24)14-17-6-5-7-20-15-17/h5-7,15-16H,2-4,8-14H2,1H3. The van der Waals surface area contributed by atoms with Gasteiger partial charge < -0.3 is 9.80 Å². The molecule has 6 nitrogen and oxygen atoms in total. The first-order chi connectivity index (χ1) is 12.1. The van der Waals surface area contributed by atoms with Gasteiger partial charge in [0.05, 0.1) is 12.5 Å². The highest BCUT2D eigenvalue weighted by atomic mass is 16.2. The predicted octanol–water partition coefficient (Wildman–Crippen LogP) is 1.17. The van der Waals surface area contributed by atoms with Crippen molar-refractivity contribution < 1.29 is 9.59 Å². The van der Waals surface area contributed by atoms with Gasteiger partial charge in [-0.1, -0.05) is 6.07 Å². The van der Waals surface area contributed by atoms with Gasteiger partial charge in [0.2, 0.25) is 11.8 Å². The zero-order chi connectivity index (χ0) is 17.6. The van der Waals surface area contributed by atoms with Crippen LogP contribution in [0.1, 0.15) is 31.7 Å². The lowest BCUT2D eigenvalue weighted by atomic mass is 10.1. The van der Waals surface area contributed by atoms with Crippen molar-refractivity contribution in [3.8, 4) is 0 Å². The molecular formula is C19H28N4O2. The Kier molecular flexibility index (Phi) is 6.02. The Morgan fingerprint density at radius 2 is 1.76 bits per heavy atom. The Morgan fingerprint density at radius 3 is 2.40 bits per heavy atom. The van der Waals surface area contributed by atoms with E-state index in [1.54, 1.807) is 12.4 Å². The summed E-state index contributed by atoms with van der Waals surface area (Å²) in [7, 11) is 0. The number of rotatable bonds is 4. The van der Waals surface area contributed by atoms with Crippen LogP contribution in [0.2, 0.25) is 0 Å². The molecule has 2 fully saturated rings. The predicted molar refractivity (Wildman–Crippen MR) is 96.0 cm³/mol. The smallest absolute Gasteiger partial charge is 0.239 e. The first kappa shape index (κ1) is 17.9. The van der Waals surface area contributed by atoms with Gasteiger partial charge >= 0.3 is 0 Å². The minimum absolute atomic E-state index is 0.0892. The molecule has 3 heterocycles. The van der Waals surface area contributed by atoms with E-state index in [4.69, 9.17) is 0 Å². The van der Waals surface area contributed by atoms with E-state index in [1.165, 1.54) is 6.42 Å². The molecule has 2 aliphatic heterocycles. The van der Waals surface area contributed by atoms with Crippen LogP contribution in [0.5, 0.6) is 0 Å². The Hall–Kier alpha value is -1.95. The van der Waals surface area contributed by atoms with Crippen molar-refractivity contribution in [1.29, 1.82) is 0 Å².